The smallest absolute Gasteiger partial charge is 0.251 e. The molecule has 2 N–H and O–H groups in total. The summed E-state index contributed by atoms with van der Waals surface area (Å²) in [5, 5.41) is 13.0. The largest absolute Gasteiger partial charge is 0.393 e. The number of aliphatic hydroxyl groups is 1. The number of piperidine rings is 1. The Hall–Kier alpha value is -2.64. The van der Waals surface area contributed by atoms with Crippen LogP contribution in [0.5, 0.6) is 0 Å². The number of nitrogens with one attached hydrogen (secondary N) is 1. The molecule has 5 rings (SSSR count). The van der Waals surface area contributed by atoms with Crippen LogP contribution in [0, 0.1) is 5.41 Å². The Morgan fingerprint density at radius 2 is 1.80 bits per heavy atom. The van der Waals surface area contributed by atoms with Crippen LogP contribution < -0.4 is 10.2 Å². The van der Waals surface area contributed by atoms with Crippen LogP contribution in [0.3, 0.4) is 0 Å². The summed E-state index contributed by atoms with van der Waals surface area (Å²) in [6.45, 7) is 2.34. The van der Waals surface area contributed by atoms with Gasteiger partial charge in [0.1, 0.15) is 5.82 Å². The van der Waals surface area contributed by atoms with Crippen LogP contribution in [0.1, 0.15) is 55.3 Å². The molecule has 3 aliphatic rings. The first-order valence-corrected chi connectivity index (χ1v) is 13.0. The van der Waals surface area contributed by atoms with Gasteiger partial charge in [-0.3, -0.25) is 9.59 Å². The lowest BCUT2D eigenvalue weighted by Gasteiger charge is -2.40. The lowest BCUT2D eigenvalue weighted by Crippen LogP contribution is -2.47. The van der Waals surface area contributed by atoms with Gasteiger partial charge in [0, 0.05) is 50.0 Å². The number of benzene rings is 1. The Morgan fingerprint density at radius 3 is 2.49 bits per heavy atom. The van der Waals surface area contributed by atoms with Crippen molar-refractivity contribution in [3.05, 3.63) is 47.1 Å². The first-order valence-electron chi connectivity index (χ1n) is 12.6. The van der Waals surface area contributed by atoms with E-state index in [1.54, 1.807) is 19.3 Å². The number of anilines is 1. The van der Waals surface area contributed by atoms with E-state index in [9.17, 15) is 14.7 Å². The van der Waals surface area contributed by atoms with Crippen molar-refractivity contribution in [3.63, 3.8) is 0 Å². The van der Waals surface area contributed by atoms with Crippen LogP contribution in [-0.4, -0.2) is 65.6 Å². The van der Waals surface area contributed by atoms with E-state index in [4.69, 9.17) is 11.6 Å². The summed E-state index contributed by atoms with van der Waals surface area (Å²) in [7, 11) is 1.61. The first-order chi connectivity index (χ1) is 16.9. The minimum absolute atomic E-state index is 0.133. The van der Waals surface area contributed by atoms with Crippen molar-refractivity contribution >= 4 is 29.2 Å². The maximum atomic E-state index is 13.4. The zero-order valence-corrected chi connectivity index (χ0v) is 20.9. The number of rotatable bonds is 4. The number of pyridine rings is 1. The summed E-state index contributed by atoms with van der Waals surface area (Å²) in [6.07, 6.45) is 7.55. The van der Waals surface area contributed by atoms with Gasteiger partial charge in [0.2, 0.25) is 5.91 Å². The Labute approximate surface area is 211 Å². The average molecular weight is 497 g/mol. The van der Waals surface area contributed by atoms with E-state index in [0.717, 1.165) is 81.5 Å². The molecule has 2 amide bonds. The van der Waals surface area contributed by atoms with Gasteiger partial charge < -0.3 is 20.2 Å². The molecule has 1 saturated carbocycles. The Kier molecular flexibility index (Phi) is 6.73. The van der Waals surface area contributed by atoms with Crippen LogP contribution in [0.2, 0.25) is 5.02 Å². The summed E-state index contributed by atoms with van der Waals surface area (Å²) >= 11 is 6.68. The quantitative estimate of drug-likeness (QED) is 0.670. The fraction of sp³-hybridized carbons (Fsp3) is 0.519. The third kappa shape index (κ3) is 4.64. The molecular formula is C27H33ClN4O3. The number of hydrogen-bond acceptors (Lipinski definition) is 5. The van der Waals surface area contributed by atoms with E-state index < -0.39 is 0 Å². The highest BCUT2D eigenvalue weighted by Gasteiger charge is 2.50. The lowest BCUT2D eigenvalue weighted by atomic mass is 9.77. The summed E-state index contributed by atoms with van der Waals surface area (Å²) in [5.41, 5.74) is 2.07. The van der Waals surface area contributed by atoms with Crippen LogP contribution in [0.25, 0.3) is 11.1 Å². The maximum absolute atomic E-state index is 13.4. The van der Waals surface area contributed by atoms with E-state index in [0.29, 0.717) is 16.5 Å². The molecule has 8 heteroatoms. The number of nitrogens with zero attached hydrogens (tertiary/aromatic N) is 3. The number of likely N-dealkylation sites (tertiary alicyclic amines) is 1. The molecule has 3 heterocycles. The van der Waals surface area contributed by atoms with E-state index in [1.165, 1.54) is 0 Å². The van der Waals surface area contributed by atoms with Gasteiger partial charge >= 0.3 is 0 Å². The predicted molar refractivity (Wildman–Crippen MR) is 137 cm³/mol. The zero-order chi connectivity index (χ0) is 24.6. The van der Waals surface area contributed by atoms with Gasteiger partial charge in [0.15, 0.2) is 0 Å². The number of aromatic nitrogens is 1. The number of hydrogen-bond donors (Lipinski definition) is 2. The highest BCUT2D eigenvalue weighted by molar-refractivity contribution is 6.33. The monoisotopic (exact) mass is 496 g/mol. The van der Waals surface area contributed by atoms with Gasteiger partial charge in [-0.2, -0.15) is 0 Å². The van der Waals surface area contributed by atoms with Crippen LogP contribution >= 0.6 is 11.6 Å². The maximum Gasteiger partial charge on any atom is 0.251 e. The molecule has 3 fully saturated rings. The Balaban J connectivity index is 1.25. The SMILES string of the molecule is CNC(=O)c1cccc(-c2cnc(N3CCC4(CC3)CCN(C3CCC(O)CC3)C4=O)c(Cl)c2)c1. The Morgan fingerprint density at radius 1 is 1.09 bits per heavy atom. The topological polar surface area (TPSA) is 85.8 Å². The van der Waals surface area contributed by atoms with Gasteiger partial charge in [0.05, 0.1) is 16.5 Å². The molecule has 1 aromatic heterocycles. The molecule has 2 aromatic rings. The van der Waals surface area contributed by atoms with Crippen molar-refractivity contribution < 1.29 is 14.7 Å². The molecule has 2 saturated heterocycles. The molecule has 1 spiro atoms. The summed E-state index contributed by atoms with van der Waals surface area (Å²) in [5.74, 6) is 0.922. The molecule has 0 radical (unpaired) electrons. The van der Waals surface area contributed by atoms with Gasteiger partial charge in [-0.15, -0.1) is 0 Å². The number of aliphatic hydroxyl groups excluding tert-OH is 1. The third-order valence-electron chi connectivity index (χ3n) is 8.18. The van der Waals surface area contributed by atoms with E-state index >= 15 is 0 Å². The minimum Gasteiger partial charge on any atom is -0.393 e. The normalized spacial score (nSPS) is 24.1. The minimum atomic E-state index is -0.265. The van der Waals surface area contributed by atoms with E-state index in [2.05, 4.69) is 20.1 Å². The fourth-order valence-electron chi connectivity index (χ4n) is 5.98. The zero-order valence-electron chi connectivity index (χ0n) is 20.2. The van der Waals surface area contributed by atoms with Gasteiger partial charge in [-0.05, 0) is 68.7 Å². The second-order valence-corrected chi connectivity index (χ2v) is 10.6. The fourth-order valence-corrected chi connectivity index (χ4v) is 6.27. The van der Waals surface area contributed by atoms with Crippen molar-refractivity contribution in [1.82, 2.24) is 15.2 Å². The molecular weight excluding hydrogens is 464 g/mol. The average Bonchev–Trinajstić information content (AvgIpc) is 3.20. The summed E-state index contributed by atoms with van der Waals surface area (Å²) < 4.78 is 0. The summed E-state index contributed by atoms with van der Waals surface area (Å²) in [4.78, 5) is 34.4. The number of carbonyl (C=O) groups excluding carboxylic acids is 2. The van der Waals surface area contributed by atoms with Crippen LogP contribution in [0.4, 0.5) is 5.82 Å². The number of carbonyl (C=O) groups is 2. The molecule has 1 aliphatic carbocycles. The summed E-state index contributed by atoms with van der Waals surface area (Å²) in [6, 6.07) is 9.59. The van der Waals surface area contributed by atoms with Crippen LogP contribution in [-0.2, 0) is 4.79 Å². The molecule has 0 unspecified atom stereocenters. The molecule has 2 aliphatic heterocycles. The highest BCUT2D eigenvalue weighted by Crippen LogP contribution is 2.45. The second-order valence-electron chi connectivity index (χ2n) is 10.2. The van der Waals surface area contributed by atoms with E-state index in [1.807, 2.05) is 24.3 Å². The third-order valence-corrected chi connectivity index (χ3v) is 8.46. The van der Waals surface area contributed by atoms with Crippen molar-refractivity contribution in [1.29, 1.82) is 0 Å². The first kappa shape index (κ1) is 24.1. The molecule has 0 atom stereocenters. The van der Waals surface area contributed by atoms with Gasteiger partial charge in [-0.1, -0.05) is 23.7 Å². The molecule has 35 heavy (non-hydrogen) atoms. The Bertz CT molecular complexity index is 1110. The van der Waals surface area contributed by atoms with Crippen molar-refractivity contribution in [2.75, 3.05) is 31.6 Å². The molecule has 0 bridgehead atoms. The molecule has 186 valence electrons. The van der Waals surface area contributed by atoms with E-state index in [-0.39, 0.29) is 23.5 Å². The predicted octanol–water partition coefficient (Wildman–Crippen LogP) is 3.88. The number of halogens is 1. The number of amides is 2. The lowest BCUT2D eigenvalue weighted by molar-refractivity contribution is -0.139. The molecule has 1 aromatic carbocycles. The standard InChI is InChI=1S/C27H33ClN4O3/c1-29-25(34)19-4-2-3-18(15-19)20-16-23(28)24(30-17-20)31-12-9-27(10-13-31)11-14-32(26(27)35)21-5-7-22(33)8-6-21/h2-4,15-17,21-22,33H,5-14H2,1H3,(H,29,34). The van der Waals surface area contributed by atoms with Crippen molar-refractivity contribution in [2.24, 2.45) is 5.41 Å². The van der Waals surface area contributed by atoms with Crippen molar-refractivity contribution in [3.8, 4) is 11.1 Å². The van der Waals surface area contributed by atoms with Gasteiger partial charge in [-0.25, -0.2) is 4.98 Å². The highest BCUT2D eigenvalue weighted by atomic mass is 35.5. The van der Waals surface area contributed by atoms with Gasteiger partial charge in [0.25, 0.3) is 5.91 Å². The molecule has 7 nitrogen and oxygen atoms in total. The van der Waals surface area contributed by atoms with Crippen LogP contribution in [0.15, 0.2) is 36.5 Å². The second kappa shape index (κ2) is 9.78. The van der Waals surface area contributed by atoms with Crippen molar-refractivity contribution in [2.45, 2.75) is 57.1 Å².